The lowest BCUT2D eigenvalue weighted by Gasteiger charge is -2.04. The van der Waals surface area contributed by atoms with Crippen LogP contribution in [-0.4, -0.2) is 15.0 Å². The number of thioether (sulfide) groups is 1. The van der Waals surface area contributed by atoms with Crippen LogP contribution in [0.15, 0.2) is 64.4 Å². The van der Waals surface area contributed by atoms with Gasteiger partial charge in [-0.3, -0.25) is 0 Å². The van der Waals surface area contributed by atoms with Gasteiger partial charge in [0.2, 0.25) is 0 Å². The van der Waals surface area contributed by atoms with Gasteiger partial charge in [-0.2, -0.15) is 0 Å². The number of fused-ring (bicyclic) bond motifs is 1. The van der Waals surface area contributed by atoms with Gasteiger partial charge in [0.1, 0.15) is 17.5 Å². The van der Waals surface area contributed by atoms with Gasteiger partial charge in [-0.15, -0.1) is 0 Å². The Kier molecular flexibility index (Phi) is 4.07. The zero-order valence-electron chi connectivity index (χ0n) is 13.0. The third-order valence-corrected chi connectivity index (χ3v) is 4.46. The SMILES string of the molecule is Nc1nc(CSc2ncc(-c3ccc(F)cc3)o2)nc2ccccc12. The monoisotopic (exact) mass is 352 g/mol. The normalized spacial score (nSPS) is 11.1. The first-order valence-electron chi connectivity index (χ1n) is 7.55. The number of nitrogens with zero attached hydrogens (tertiary/aromatic N) is 3. The Labute approximate surface area is 147 Å². The molecule has 2 aromatic carbocycles. The zero-order chi connectivity index (χ0) is 17.2. The molecule has 0 bridgehead atoms. The van der Waals surface area contributed by atoms with Gasteiger partial charge in [-0.1, -0.05) is 23.9 Å². The zero-order valence-corrected chi connectivity index (χ0v) is 13.8. The van der Waals surface area contributed by atoms with Crippen LogP contribution in [-0.2, 0) is 5.75 Å². The summed E-state index contributed by atoms with van der Waals surface area (Å²) in [7, 11) is 0. The summed E-state index contributed by atoms with van der Waals surface area (Å²) in [6.07, 6.45) is 1.62. The first-order valence-corrected chi connectivity index (χ1v) is 8.53. The Morgan fingerprint density at radius 2 is 1.84 bits per heavy atom. The minimum atomic E-state index is -0.288. The Bertz CT molecular complexity index is 1030. The molecule has 25 heavy (non-hydrogen) atoms. The van der Waals surface area contributed by atoms with Crippen molar-refractivity contribution in [3.05, 3.63) is 66.4 Å². The molecule has 7 heteroatoms. The molecule has 4 aromatic rings. The lowest BCUT2D eigenvalue weighted by Crippen LogP contribution is -1.99. The van der Waals surface area contributed by atoms with Crippen LogP contribution in [0.1, 0.15) is 5.82 Å². The second-order valence-electron chi connectivity index (χ2n) is 5.33. The molecule has 0 atom stereocenters. The van der Waals surface area contributed by atoms with E-state index in [9.17, 15) is 4.39 Å². The number of halogens is 1. The van der Waals surface area contributed by atoms with Gasteiger partial charge in [0.25, 0.3) is 5.22 Å². The maximum atomic E-state index is 13.0. The lowest BCUT2D eigenvalue weighted by molar-refractivity contribution is 0.466. The summed E-state index contributed by atoms with van der Waals surface area (Å²) in [5.74, 6) is 1.85. The van der Waals surface area contributed by atoms with E-state index in [0.29, 0.717) is 28.4 Å². The van der Waals surface area contributed by atoms with Gasteiger partial charge in [0.15, 0.2) is 5.76 Å². The standard InChI is InChI=1S/C18H13FN4OS/c19-12-7-5-11(6-8-12)15-9-21-18(24-15)25-10-16-22-14-4-2-1-3-13(14)17(20)23-16/h1-9H,10H2,(H2,20,22,23). The van der Waals surface area contributed by atoms with Crippen molar-refractivity contribution in [1.82, 2.24) is 15.0 Å². The average molecular weight is 352 g/mol. The van der Waals surface area contributed by atoms with Crippen LogP contribution in [0.2, 0.25) is 0 Å². The maximum absolute atomic E-state index is 13.0. The highest BCUT2D eigenvalue weighted by atomic mass is 32.2. The van der Waals surface area contributed by atoms with Crippen LogP contribution >= 0.6 is 11.8 Å². The largest absolute Gasteiger partial charge is 0.431 e. The molecule has 0 saturated carbocycles. The molecular weight excluding hydrogens is 339 g/mol. The van der Waals surface area contributed by atoms with E-state index in [0.717, 1.165) is 16.5 Å². The summed E-state index contributed by atoms with van der Waals surface area (Å²) in [6, 6.07) is 13.7. The second-order valence-corrected chi connectivity index (χ2v) is 6.25. The topological polar surface area (TPSA) is 77.8 Å². The molecule has 0 aliphatic heterocycles. The van der Waals surface area contributed by atoms with Crippen LogP contribution in [0.3, 0.4) is 0 Å². The molecule has 0 saturated heterocycles. The van der Waals surface area contributed by atoms with E-state index >= 15 is 0 Å². The van der Waals surface area contributed by atoms with Gasteiger partial charge in [0, 0.05) is 10.9 Å². The molecule has 0 unspecified atom stereocenters. The number of nitrogen functional groups attached to an aromatic ring is 1. The smallest absolute Gasteiger partial charge is 0.256 e. The van der Waals surface area contributed by atoms with Crippen LogP contribution in [0, 0.1) is 5.82 Å². The van der Waals surface area contributed by atoms with E-state index in [1.165, 1.54) is 23.9 Å². The number of anilines is 1. The van der Waals surface area contributed by atoms with E-state index < -0.39 is 0 Å². The van der Waals surface area contributed by atoms with E-state index in [2.05, 4.69) is 15.0 Å². The number of aromatic nitrogens is 3. The summed E-state index contributed by atoms with van der Waals surface area (Å²) in [6.45, 7) is 0. The van der Waals surface area contributed by atoms with Gasteiger partial charge in [-0.25, -0.2) is 19.3 Å². The van der Waals surface area contributed by atoms with E-state index in [4.69, 9.17) is 10.2 Å². The molecule has 0 spiro atoms. The van der Waals surface area contributed by atoms with Crippen LogP contribution < -0.4 is 5.73 Å². The number of hydrogen-bond acceptors (Lipinski definition) is 6. The molecule has 0 amide bonds. The summed E-state index contributed by atoms with van der Waals surface area (Å²) < 4.78 is 18.7. The molecule has 0 aliphatic carbocycles. The number of para-hydroxylation sites is 1. The fourth-order valence-corrected chi connectivity index (χ4v) is 3.07. The second kappa shape index (κ2) is 6.52. The maximum Gasteiger partial charge on any atom is 0.256 e. The Hall–Kier alpha value is -2.93. The first kappa shape index (κ1) is 15.6. The third kappa shape index (κ3) is 3.32. The molecular formula is C18H13FN4OS. The summed E-state index contributed by atoms with van der Waals surface area (Å²) in [5.41, 5.74) is 7.57. The van der Waals surface area contributed by atoms with Crippen molar-refractivity contribution in [2.24, 2.45) is 0 Å². The molecule has 2 aromatic heterocycles. The van der Waals surface area contributed by atoms with Crippen molar-refractivity contribution in [3.63, 3.8) is 0 Å². The fourth-order valence-electron chi connectivity index (χ4n) is 2.41. The van der Waals surface area contributed by atoms with Crippen molar-refractivity contribution in [2.45, 2.75) is 11.0 Å². The quantitative estimate of drug-likeness (QED) is 0.552. The Balaban J connectivity index is 1.51. The summed E-state index contributed by atoms with van der Waals surface area (Å²) in [5, 5.41) is 1.33. The number of rotatable bonds is 4. The highest BCUT2D eigenvalue weighted by molar-refractivity contribution is 7.98. The molecule has 0 aliphatic rings. The van der Waals surface area contributed by atoms with Crippen molar-refractivity contribution >= 4 is 28.5 Å². The third-order valence-electron chi connectivity index (χ3n) is 3.62. The summed E-state index contributed by atoms with van der Waals surface area (Å²) in [4.78, 5) is 13.1. The van der Waals surface area contributed by atoms with Crippen LogP contribution in [0.25, 0.3) is 22.2 Å². The van der Waals surface area contributed by atoms with E-state index in [1.807, 2.05) is 24.3 Å². The fraction of sp³-hybridized carbons (Fsp3) is 0.0556. The highest BCUT2D eigenvalue weighted by Crippen LogP contribution is 2.28. The van der Waals surface area contributed by atoms with Crippen molar-refractivity contribution in [2.75, 3.05) is 5.73 Å². The minimum absolute atomic E-state index is 0.288. The molecule has 0 fully saturated rings. The van der Waals surface area contributed by atoms with Gasteiger partial charge < -0.3 is 10.2 Å². The molecule has 5 nitrogen and oxygen atoms in total. The molecule has 2 heterocycles. The number of hydrogen-bond donors (Lipinski definition) is 1. The lowest BCUT2D eigenvalue weighted by atomic mass is 10.2. The van der Waals surface area contributed by atoms with Crippen LogP contribution in [0.5, 0.6) is 0 Å². The predicted octanol–water partition coefficient (Wildman–Crippen LogP) is 4.30. The Morgan fingerprint density at radius 1 is 1.04 bits per heavy atom. The summed E-state index contributed by atoms with van der Waals surface area (Å²) >= 11 is 1.38. The molecule has 0 radical (unpaired) electrons. The number of oxazole rings is 1. The number of nitrogens with two attached hydrogens (primary N) is 1. The van der Waals surface area contributed by atoms with Crippen molar-refractivity contribution in [1.29, 1.82) is 0 Å². The minimum Gasteiger partial charge on any atom is -0.431 e. The van der Waals surface area contributed by atoms with Gasteiger partial charge in [0.05, 0.1) is 17.5 Å². The highest BCUT2D eigenvalue weighted by Gasteiger charge is 2.10. The van der Waals surface area contributed by atoms with E-state index in [-0.39, 0.29) is 5.82 Å². The average Bonchev–Trinajstić information content (AvgIpc) is 3.10. The molecule has 4 rings (SSSR count). The van der Waals surface area contributed by atoms with Gasteiger partial charge >= 0.3 is 0 Å². The van der Waals surface area contributed by atoms with Crippen molar-refractivity contribution < 1.29 is 8.81 Å². The number of benzene rings is 2. The van der Waals surface area contributed by atoms with Crippen LogP contribution in [0.4, 0.5) is 10.2 Å². The van der Waals surface area contributed by atoms with Crippen molar-refractivity contribution in [3.8, 4) is 11.3 Å². The Morgan fingerprint density at radius 3 is 2.68 bits per heavy atom. The van der Waals surface area contributed by atoms with E-state index in [1.54, 1.807) is 18.3 Å². The predicted molar refractivity (Wildman–Crippen MR) is 95.4 cm³/mol. The molecule has 2 N–H and O–H groups in total. The first-order chi connectivity index (χ1) is 12.2. The molecule has 124 valence electrons. The van der Waals surface area contributed by atoms with Gasteiger partial charge in [-0.05, 0) is 36.4 Å².